The SMILES string of the molecule is C=CCCC(=O)N1C2CCC1CC(=C)C2. The van der Waals surface area contributed by atoms with Crippen molar-refractivity contribution in [2.24, 2.45) is 0 Å². The number of allylic oxidation sites excluding steroid dienone is 1. The van der Waals surface area contributed by atoms with Crippen LogP contribution in [0.3, 0.4) is 0 Å². The summed E-state index contributed by atoms with van der Waals surface area (Å²) in [4.78, 5) is 14.1. The van der Waals surface area contributed by atoms with E-state index in [0.29, 0.717) is 24.4 Å². The Hall–Kier alpha value is -1.05. The molecule has 0 saturated carbocycles. The number of rotatable bonds is 3. The summed E-state index contributed by atoms with van der Waals surface area (Å²) in [7, 11) is 0. The molecule has 1 amide bonds. The lowest BCUT2D eigenvalue weighted by atomic mass is 9.97. The van der Waals surface area contributed by atoms with E-state index in [9.17, 15) is 4.79 Å². The van der Waals surface area contributed by atoms with Gasteiger partial charge in [0.25, 0.3) is 0 Å². The first kappa shape index (κ1) is 10.5. The van der Waals surface area contributed by atoms with Gasteiger partial charge >= 0.3 is 0 Å². The molecule has 0 radical (unpaired) electrons. The first-order chi connectivity index (χ1) is 7.22. The largest absolute Gasteiger partial charge is 0.336 e. The third-order valence-corrected chi connectivity index (χ3v) is 3.52. The molecule has 2 fully saturated rings. The highest BCUT2D eigenvalue weighted by Crippen LogP contribution is 2.38. The Bertz CT molecular complexity index is 279. The molecule has 2 saturated heterocycles. The van der Waals surface area contributed by atoms with Gasteiger partial charge in [-0.25, -0.2) is 0 Å². The predicted molar refractivity (Wildman–Crippen MR) is 61.5 cm³/mol. The molecule has 2 aliphatic rings. The van der Waals surface area contributed by atoms with Crippen molar-refractivity contribution < 1.29 is 4.79 Å². The first-order valence-corrected chi connectivity index (χ1v) is 5.81. The van der Waals surface area contributed by atoms with Crippen molar-refractivity contribution in [2.75, 3.05) is 0 Å². The van der Waals surface area contributed by atoms with Crippen LogP contribution < -0.4 is 0 Å². The standard InChI is InChI=1S/C13H19NO/c1-3-4-5-13(15)14-11-6-7-12(14)9-10(2)8-11/h3,11-12H,1-2,4-9H2. The van der Waals surface area contributed by atoms with Crippen molar-refractivity contribution in [2.45, 2.75) is 50.6 Å². The van der Waals surface area contributed by atoms with Crippen LogP contribution in [0.25, 0.3) is 0 Å². The third-order valence-electron chi connectivity index (χ3n) is 3.52. The van der Waals surface area contributed by atoms with Crippen LogP contribution in [0, 0.1) is 0 Å². The van der Waals surface area contributed by atoms with Crippen LogP contribution in [-0.4, -0.2) is 22.9 Å². The van der Waals surface area contributed by atoms with E-state index < -0.39 is 0 Å². The number of amides is 1. The lowest BCUT2D eigenvalue weighted by Crippen LogP contribution is -2.44. The van der Waals surface area contributed by atoms with Crippen molar-refractivity contribution in [1.29, 1.82) is 0 Å². The smallest absolute Gasteiger partial charge is 0.223 e. The van der Waals surface area contributed by atoms with Gasteiger partial charge in [0, 0.05) is 18.5 Å². The zero-order valence-corrected chi connectivity index (χ0v) is 9.24. The number of hydrogen-bond donors (Lipinski definition) is 0. The normalized spacial score (nSPS) is 29.3. The Labute approximate surface area is 91.6 Å². The van der Waals surface area contributed by atoms with Crippen LogP contribution in [0.15, 0.2) is 24.8 Å². The van der Waals surface area contributed by atoms with Crippen LogP contribution in [0.1, 0.15) is 38.5 Å². The molecule has 2 heteroatoms. The second kappa shape index (κ2) is 4.21. The number of carbonyl (C=O) groups excluding carboxylic acids is 1. The second-order valence-electron chi connectivity index (χ2n) is 4.67. The predicted octanol–water partition coefficient (Wildman–Crippen LogP) is 2.66. The molecule has 0 N–H and O–H groups in total. The minimum Gasteiger partial charge on any atom is -0.336 e. The Balaban J connectivity index is 2.01. The van der Waals surface area contributed by atoms with E-state index in [0.717, 1.165) is 19.3 Å². The van der Waals surface area contributed by atoms with Gasteiger partial charge in [0.2, 0.25) is 5.91 Å². The lowest BCUT2D eigenvalue weighted by Gasteiger charge is -2.36. The molecule has 0 aromatic rings. The summed E-state index contributed by atoms with van der Waals surface area (Å²) in [6.07, 6.45) is 7.64. The molecule has 2 heterocycles. The fraction of sp³-hybridized carbons (Fsp3) is 0.615. The molecule has 0 spiro atoms. The topological polar surface area (TPSA) is 20.3 Å². The van der Waals surface area contributed by atoms with Gasteiger partial charge in [-0.15, -0.1) is 6.58 Å². The average Bonchev–Trinajstić information content (AvgIpc) is 2.48. The molecule has 2 nitrogen and oxygen atoms in total. The molecule has 2 aliphatic heterocycles. The molecule has 0 aromatic heterocycles. The number of hydrogen-bond acceptors (Lipinski definition) is 1. The Morgan fingerprint density at radius 3 is 2.53 bits per heavy atom. The van der Waals surface area contributed by atoms with Crippen molar-refractivity contribution in [3.05, 3.63) is 24.8 Å². The van der Waals surface area contributed by atoms with Gasteiger partial charge in [-0.3, -0.25) is 4.79 Å². The van der Waals surface area contributed by atoms with E-state index in [1.807, 2.05) is 6.08 Å². The zero-order valence-electron chi connectivity index (χ0n) is 9.24. The maximum atomic E-state index is 12.0. The minimum atomic E-state index is 0.315. The zero-order chi connectivity index (χ0) is 10.8. The Morgan fingerprint density at radius 2 is 2.00 bits per heavy atom. The molecule has 82 valence electrons. The van der Waals surface area contributed by atoms with E-state index >= 15 is 0 Å². The van der Waals surface area contributed by atoms with Gasteiger partial charge in [0.1, 0.15) is 0 Å². The average molecular weight is 205 g/mol. The molecule has 0 aromatic carbocycles. The minimum absolute atomic E-state index is 0.315. The van der Waals surface area contributed by atoms with Crippen molar-refractivity contribution >= 4 is 5.91 Å². The van der Waals surface area contributed by atoms with Gasteiger partial charge in [0.15, 0.2) is 0 Å². The fourth-order valence-electron chi connectivity index (χ4n) is 2.87. The first-order valence-electron chi connectivity index (χ1n) is 5.81. The maximum Gasteiger partial charge on any atom is 0.223 e. The summed E-state index contributed by atoms with van der Waals surface area (Å²) >= 11 is 0. The Kier molecular flexibility index (Phi) is 2.94. The fourth-order valence-corrected chi connectivity index (χ4v) is 2.87. The molecule has 15 heavy (non-hydrogen) atoms. The van der Waals surface area contributed by atoms with Crippen LogP contribution in [0.4, 0.5) is 0 Å². The molecular formula is C13H19NO. The van der Waals surface area contributed by atoms with Gasteiger partial charge in [-0.05, 0) is 32.1 Å². The van der Waals surface area contributed by atoms with Crippen molar-refractivity contribution in [3.63, 3.8) is 0 Å². The number of piperidine rings is 1. The van der Waals surface area contributed by atoms with Crippen LogP contribution >= 0.6 is 0 Å². The van der Waals surface area contributed by atoms with E-state index in [2.05, 4.69) is 18.1 Å². The Morgan fingerprint density at radius 1 is 1.40 bits per heavy atom. The molecule has 2 bridgehead atoms. The molecule has 2 atom stereocenters. The van der Waals surface area contributed by atoms with Crippen LogP contribution in [-0.2, 0) is 4.79 Å². The summed E-state index contributed by atoms with van der Waals surface area (Å²) < 4.78 is 0. The highest BCUT2D eigenvalue weighted by Gasteiger charge is 2.40. The van der Waals surface area contributed by atoms with Gasteiger partial charge in [-0.2, -0.15) is 0 Å². The third kappa shape index (κ3) is 1.99. The van der Waals surface area contributed by atoms with E-state index in [1.165, 1.54) is 18.4 Å². The van der Waals surface area contributed by atoms with Crippen LogP contribution in [0.2, 0.25) is 0 Å². The quantitative estimate of drug-likeness (QED) is 0.649. The molecular weight excluding hydrogens is 186 g/mol. The van der Waals surface area contributed by atoms with E-state index in [4.69, 9.17) is 0 Å². The highest BCUT2D eigenvalue weighted by atomic mass is 16.2. The summed E-state index contributed by atoms with van der Waals surface area (Å²) in [5.41, 5.74) is 1.33. The van der Waals surface area contributed by atoms with Gasteiger partial charge in [-0.1, -0.05) is 18.2 Å². The molecule has 2 rings (SSSR count). The van der Waals surface area contributed by atoms with E-state index in [-0.39, 0.29) is 0 Å². The lowest BCUT2D eigenvalue weighted by molar-refractivity contribution is -0.134. The van der Waals surface area contributed by atoms with Crippen molar-refractivity contribution in [3.8, 4) is 0 Å². The summed E-state index contributed by atoms with van der Waals surface area (Å²) in [5.74, 6) is 0.315. The second-order valence-corrected chi connectivity index (χ2v) is 4.67. The monoisotopic (exact) mass is 205 g/mol. The number of carbonyl (C=O) groups is 1. The van der Waals surface area contributed by atoms with Gasteiger partial charge < -0.3 is 4.90 Å². The van der Waals surface area contributed by atoms with E-state index in [1.54, 1.807) is 0 Å². The summed E-state index contributed by atoms with van der Waals surface area (Å²) in [5, 5.41) is 0. The summed E-state index contributed by atoms with van der Waals surface area (Å²) in [6, 6.07) is 0.905. The highest BCUT2D eigenvalue weighted by molar-refractivity contribution is 5.77. The molecule has 0 aliphatic carbocycles. The van der Waals surface area contributed by atoms with Crippen molar-refractivity contribution in [1.82, 2.24) is 4.90 Å². The van der Waals surface area contributed by atoms with Gasteiger partial charge in [0.05, 0.1) is 0 Å². The summed E-state index contributed by atoms with van der Waals surface area (Å²) in [6.45, 7) is 7.72. The van der Waals surface area contributed by atoms with Crippen LogP contribution in [0.5, 0.6) is 0 Å². The molecule has 2 unspecified atom stereocenters. The number of fused-ring (bicyclic) bond motifs is 2. The maximum absolute atomic E-state index is 12.0. The number of nitrogens with zero attached hydrogens (tertiary/aromatic N) is 1.